The van der Waals surface area contributed by atoms with E-state index in [1.54, 1.807) is 0 Å². The van der Waals surface area contributed by atoms with E-state index in [1.165, 1.54) is 94.5 Å². The van der Waals surface area contributed by atoms with Gasteiger partial charge in [-0.05, 0) is 209 Å². The van der Waals surface area contributed by atoms with Crippen LogP contribution in [0.4, 0.5) is 73.9 Å². The quantitative estimate of drug-likeness (QED) is 0.134. The molecule has 4 heterocycles. The van der Waals surface area contributed by atoms with Gasteiger partial charge in [0, 0.05) is 85.1 Å². The zero-order chi connectivity index (χ0) is 65.4. The molecular weight excluding hydrogens is 1150 g/mol. The molecule has 4 aliphatic heterocycles. The van der Waals surface area contributed by atoms with Crippen LogP contribution in [0.15, 0.2) is 273 Å². The molecule has 0 unspecified atom stereocenters. The highest BCUT2D eigenvalue weighted by atomic mass is 15.2. The van der Waals surface area contributed by atoms with Gasteiger partial charge in [0.05, 0.1) is 0 Å². The molecule has 0 N–H and O–H groups in total. The summed E-state index contributed by atoms with van der Waals surface area (Å²) in [6.07, 6.45) is 0. The Bertz CT molecular complexity index is 4520. The third-order valence-corrected chi connectivity index (χ3v) is 20.4. The number of para-hydroxylation sites is 4. The van der Waals surface area contributed by atoms with E-state index in [0.29, 0.717) is 0 Å². The van der Waals surface area contributed by atoms with Gasteiger partial charge in [-0.15, -0.1) is 0 Å². The second kappa shape index (κ2) is 22.2. The largest absolute Gasteiger partial charge is 0.444 e. The number of hydrogen-bond acceptors (Lipinski definition) is 5. The Morgan fingerprint density at radius 3 is 0.895 bits per heavy atom. The van der Waals surface area contributed by atoms with Gasteiger partial charge in [0.25, 0.3) is 0 Å². The van der Waals surface area contributed by atoms with Crippen molar-refractivity contribution in [3.05, 3.63) is 295 Å². The second-order valence-corrected chi connectivity index (χ2v) is 30.7. The van der Waals surface area contributed by atoms with Gasteiger partial charge < -0.3 is 24.3 Å². The van der Waals surface area contributed by atoms with Crippen molar-refractivity contribution in [1.29, 1.82) is 0 Å². The van der Waals surface area contributed by atoms with Crippen LogP contribution in [-0.2, 0) is 21.7 Å². The maximum atomic E-state index is 2.88. The average Bonchev–Trinajstić information content (AvgIpc) is 0.671. The molecule has 0 aromatic heterocycles. The van der Waals surface area contributed by atoms with Crippen LogP contribution in [0.3, 0.4) is 0 Å². The van der Waals surface area contributed by atoms with Crippen LogP contribution in [0.25, 0.3) is 33.4 Å². The van der Waals surface area contributed by atoms with Crippen LogP contribution in [0.1, 0.15) is 105 Å². The molecule has 0 bridgehead atoms. The highest BCUT2D eigenvalue weighted by Gasteiger charge is 2.54. The predicted molar refractivity (Wildman–Crippen MR) is 409 cm³/mol. The monoisotopic (exact) mass is 1230 g/mol. The standard InChI is InChI=1S/C88H81B2N5/c1-85(2,3)60-36-44-66(45-37-60)91(67-46-38-61(39-47-67)86(4,5)6)70-54-72-74-52-59(58-26-16-13-17-27-58)53-75-73-55-71(92(68-48-40-62(41-49-68)87(7,8)9)69-50-42-63(43-51-69)88(10,11)12)57-81-83(73)90(77-33-23-25-35-79(77)94(81)65-30-20-15-21-31-65)95(84(74)75)89-76-32-22-24-34-78(76)93(80(56-70)82(72)89)64-28-18-14-19-29-64/h13-57H,1-12H3. The van der Waals surface area contributed by atoms with Crippen LogP contribution in [-0.4, -0.2) is 13.7 Å². The zero-order valence-electron chi connectivity index (χ0n) is 56.9. The number of hydrogen-bond donors (Lipinski definition) is 0. The van der Waals surface area contributed by atoms with Gasteiger partial charge >= 0.3 is 13.7 Å². The van der Waals surface area contributed by atoms with E-state index >= 15 is 0 Å². The SMILES string of the molecule is CC(C)(C)c1ccc(N(c2ccc(C(C)(C)C)cc2)c2cc3c4c(c2)N(c2ccccc2)c2ccccc2B4N2B4c5ccccc5N(c5ccccc5)c5cc(N(c6ccc(C(C)(C)C)cc6)c6ccc(C(C)(C)C)cc6)cc(c54)-c4cc(-c5ccccc5)cc-3c42)cc1. The third-order valence-electron chi connectivity index (χ3n) is 20.4. The Morgan fingerprint density at radius 1 is 0.263 bits per heavy atom. The van der Waals surface area contributed by atoms with Crippen LogP contribution in [0.2, 0.25) is 0 Å². The lowest BCUT2D eigenvalue weighted by atomic mass is 9.32. The van der Waals surface area contributed by atoms with Crippen molar-refractivity contribution in [1.82, 2.24) is 0 Å². The van der Waals surface area contributed by atoms with E-state index in [2.05, 4.69) is 380 Å². The van der Waals surface area contributed by atoms with Crippen molar-refractivity contribution in [2.24, 2.45) is 0 Å². The molecule has 12 aromatic rings. The summed E-state index contributed by atoms with van der Waals surface area (Å²) in [5.74, 6) is 0. The molecule has 0 saturated carbocycles. The molecule has 464 valence electrons. The molecule has 7 heteroatoms. The van der Waals surface area contributed by atoms with E-state index in [-0.39, 0.29) is 35.4 Å². The van der Waals surface area contributed by atoms with Crippen LogP contribution < -0.4 is 46.2 Å². The van der Waals surface area contributed by atoms with Crippen molar-refractivity contribution in [3.63, 3.8) is 0 Å². The fraction of sp³-hybridized carbons (Fsp3) is 0.182. The normalized spacial score (nSPS) is 13.6. The third kappa shape index (κ3) is 10.1. The predicted octanol–water partition coefficient (Wildman–Crippen LogP) is 21.4. The Labute approximate surface area is 563 Å². The Hall–Kier alpha value is -10.2. The van der Waals surface area contributed by atoms with Gasteiger partial charge in [0.2, 0.25) is 0 Å². The van der Waals surface area contributed by atoms with Crippen molar-refractivity contribution in [2.45, 2.75) is 105 Å². The number of anilines is 13. The highest BCUT2D eigenvalue weighted by Crippen LogP contribution is 2.56. The lowest BCUT2D eigenvalue weighted by molar-refractivity contribution is 0.590. The molecule has 5 nitrogen and oxygen atoms in total. The maximum Gasteiger partial charge on any atom is 0.316 e. The van der Waals surface area contributed by atoms with E-state index in [4.69, 9.17) is 0 Å². The zero-order valence-corrected chi connectivity index (χ0v) is 56.9. The van der Waals surface area contributed by atoms with Gasteiger partial charge in [0.15, 0.2) is 0 Å². The molecule has 0 radical (unpaired) electrons. The van der Waals surface area contributed by atoms with Gasteiger partial charge in [-0.1, -0.05) is 235 Å². The topological polar surface area (TPSA) is 16.2 Å². The van der Waals surface area contributed by atoms with Crippen molar-refractivity contribution >= 4 is 109 Å². The number of rotatable bonds is 9. The maximum absolute atomic E-state index is 2.88. The summed E-state index contributed by atoms with van der Waals surface area (Å²) in [7, 11) is 0. The molecule has 0 fully saturated rings. The first kappa shape index (κ1) is 59.8. The Kier molecular flexibility index (Phi) is 14.0. The average molecular weight is 1230 g/mol. The Balaban J connectivity index is 1.05. The molecule has 0 aliphatic carbocycles. The van der Waals surface area contributed by atoms with Crippen LogP contribution >= 0.6 is 0 Å². The molecule has 0 amide bonds. The molecule has 0 atom stereocenters. The second-order valence-electron chi connectivity index (χ2n) is 30.7. The molecule has 0 saturated heterocycles. The highest BCUT2D eigenvalue weighted by molar-refractivity contribution is 7.09. The van der Waals surface area contributed by atoms with Gasteiger partial charge in [0.1, 0.15) is 0 Å². The summed E-state index contributed by atoms with van der Waals surface area (Å²) in [5, 5.41) is 0. The first-order valence-electron chi connectivity index (χ1n) is 34.0. The van der Waals surface area contributed by atoms with Crippen molar-refractivity contribution in [3.8, 4) is 33.4 Å². The van der Waals surface area contributed by atoms with E-state index in [1.807, 2.05) is 0 Å². The molecule has 4 aliphatic rings. The lowest BCUT2D eigenvalue weighted by Crippen LogP contribution is -2.74. The van der Waals surface area contributed by atoms with Crippen LogP contribution in [0.5, 0.6) is 0 Å². The number of fused-ring (bicyclic) bond motifs is 8. The first-order valence-corrected chi connectivity index (χ1v) is 34.0. The van der Waals surface area contributed by atoms with E-state index < -0.39 is 0 Å². The number of benzene rings is 12. The van der Waals surface area contributed by atoms with Gasteiger partial charge in [-0.2, -0.15) is 0 Å². The molecular formula is C88H81B2N5. The van der Waals surface area contributed by atoms with Crippen molar-refractivity contribution in [2.75, 3.05) is 24.3 Å². The lowest BCUT2D eigenvalue weighted by Gasteiger charge is -2.53. The summed E-state index contributed by atoms with van der Waals surface area (Å²) in [6.45, 7) is 27.2. The molecule has 12 aromatic carbocycles. The summed E-state index contributed by atoms with van der Waals surface area (Å²) < 4.78 is 2.88. The Morgan fingerprint density at radius 2 is 0.568 bits per heavy atom. The van der Waals surface area contributed by atoms with E-state index in [9.17, 15) is 0 Å². The van der Waals surface area contributed by atoms with Gasteiger partial charge in [-0.3, -0.25) is 0 Å². The van der Waals surface area contributed by atoms with Gasteiger partial charge in [-0.25, -0.2) is 0 Å². The minimum atomic E-state index is -0.217. The summed E-state index contributed by atoms with van der Waals surface area (Å²) in [5.41, 5.74) is 32.1. The van der Waals surface area contributed by atoms with Crippen LogP contribution in [0, 0.1) is 0 Å². The fourth-order valence-corrected chi connectivity index (χ4v) is 15.5. The summed E-state index contributed by atoms with van der Waals surface area (Å²) in [4.78, 5) is 10.1. The fourth-order valence-electron chi connectivity index (χ4n) is 15.5. The molecule has 0 spiro atoms. The van der Waals surface area contributed by atoms with Crippen molar-refractivity contribution < 1.29 is 0 Å². The minimum absolute atomic E-state index is 0.0203. The summed E-state index contributed by atoms with van der Waals surface area (Å²) in [6, 6.07) is 104. The smallest absolute Gasteiger partial charge is 0.316 e. The summed E-state index contributed by atoms with van der Waals surface area (Å²) >= 11 is 0. The minimum Gasteiger partial charge on any atom is -0.444 e. The first-order chi connectivity index (χ1) is 45.7. The molecule has 95 heavy (non-hydrogen) atoms. The number of nitrogens with zero attached hydrogens (tertiary/aromatic N) is 5. The van der Waals surface area contributed by atoms with E-state index in [0.717, 1.165) is 56.9 Å². The molecule has 16 rings (SSSR count).